The van der Waals surface area contributed by atoms with Crippen molar-refractivity contribution < 1.29 is 0 Å². The van der Waals surface area contributed by atoms with Gasteiger partial charge in [-0.05, 0) is 59.0 Å². The summed E-state index contributed by atoms with van der Waals surface area (Å²) < 4.78 is 0. The normalized spacial score (nSPS) is 14.6. The van der Waals surface area contributed by atoms with Gasteiger partial charge in [0.2, 0.25) is 0 Å². The first kappa shape index (κ1) is 16.2. The van der Waals surface area contributed by atoms with Gasteiger partial charge in [0.25, 0.3) is 0 Å². The number of benzene rings is 4. The van der Waals surface area contributed by atoms with Crippen LogP contribution in [0.5, 0.6) is 0 Å². The van der Waals surface area contributed by atoms with Crippen molar-refractivity contribution in [2.45, 2.75) is 19.6 Å². The van der Waals surface area contributed by atoms with E-state index in [1.54, 1.807) is 23.5 Å². The number of rotatable bonds is 0. The molecule has 0 amide bonds. The van der Waals surface area contributed by atoms with E-state index in [1.165, 1.54) is 30.0 Å². The minimum absolute atomic E-state index is 1.05. The van der Waals surface area contributed by atoms with E-state index in [0.717, 1.165) is 22.1 Å². The van der Waals surface area contributed by atoms with E-state index in [0.29, 0.717) is 0 Å². The smallest absolute Gasteiger partial charge is 0.0777 e. The first-order valence-electron chi connectivity index (χ1n) is 9.09. The van der Waals surface area contributed by atoms with Crippen molar-refractivity contribution in [2.24, 2.45) is 9.98 Å². The van der Waals surface area contributed by atoms with Crippen molar-refractivity contribution in [1.29, 1.82) is 0 Å². The summed E-state index contributed by atoms with van der Waals surface area (Å²) in [6.45, 7) is 0. The van der Waals surface area contributed by atoms with Crippen LogP contribution in [0.25, 0.3) is 0 Å². The predicted octanol–water partition coefficient (Wildman–Crippen LogP) is 5.81. The zero-order valence-corrected chi connectivity index (χ0v) is 16.4. The van der Waals surface area contributed by atoms with E-state index in [-0.39, 0.29) is 0 Å². The molecular weight excluding hydrogens is 380 g/mol. The summed E-state index contributed by atoms with van der Waals surface area (Å²) >= 11 is 3.59. The van der Waals surface area contributed by atoms with E-state index in [2.05, 4.69) is 72.8 Å². The lowest BCUT2D eigenvalue weighted by Gasteiger charge is -2.12. The van der Waals surface area contributed by atoms with Gasteiger partial charge in [-0.3, -0.25) is 0 Å². The second kappa shape index (κ2) is 6.36. The summed E-state index contributed by atoms with van der Waals surface area (Å²) in [7, 11) is 0. The highest BCUT2D eigenvalue weighted by atomic mass is 32.2. The predicted molar refractivity (Wildman–Crippen MR) is 113 cm³/mol. The maximum absolute atomic E-state index is 4.80. The van der Waals surface area contributed by atoms with Crippen LogP contribution in [0.4, 0.5) is 11.4 Å². The second-order valence-electron chi connectivity index (χ2n) is 6.73. The molecule has 0 spiro atoms. The largest absolute Gasteiger partial charge is 0.247 e. The Labute approximate surface area is 170 Å². The SMILES string of the molecule is c1ccc2c(c1)N=c1cc/c(=c3/ccc4c(c3)Sc3ccccc3N=4)cc1S2. The molecule has 0 atom stereocenters. The summed E-state index contributed by atoms with van der Waals surface area (Å²) in [4.78, 5) is 14.4. The molecule has 2 heterocycles. The third kappa shape index (κ3) is 2.68. The summed E-state index contributed by atoms with van der Waals surface area (Å²) in [6.07, 6.45) is 0. The molecule has 0 aromatic heterocycles. The Morgan fingerprint density at radius 3 is 1.43 bits per heavy atom. The molecule has 4 heteroatoms. The Bertz CT molecular complexity index is 1360. The Kier molecular flexibility index (Phi) is 3.67. The molecule has 0 fully saturated rings. The Hall–Kier alpha value is -2.82. The van der Waals surface area contributed by atoms with Crippen molar-refractivity contribution >= 4 is 34.9 Å². The third-order valence-corrected chi connectivity index (χ3v) is 7.13. The molecule has 4 aromatic carbocycles. The first-order valence-corrected chi connectivity index (χ1v) is 10.7. The monoisotopic (exact) mass is 394 g/mol. The van der Waals surface area contributed by atoms with Crippen LogP contribution in [-0.2, 0) is 0 Å². The van der Waals surface area contributed by atoms with Gasteiger partial charge < -0.3 is 0 Å². The fraction of sp³-hybridized carbons (Fsp3) is 0. The van der Waals surface area contributed by atoms with Crippen molar-refractivity contribution in [3.63, 3.8) is 0 Å². The fourth-order valence-electron chi connectivity index (χ4n) is 3.50. The lowest BCUT2D eigenvalue weighted by Crippen LogP contribution is -2.08. The highest BCUT2D eigenvalue weighted by molar-refractivity contribution is 7.99. The molecule has 0 unspecified atom stereocenters. The van der Waals surface area contributed by atoms with Crippen LogP contribution < -0.4 is 10.7 Å². The van der Waals surface area contributed by atoms with E-state index in [9.17, 15) is 0 Å². The molecule has 0 aliphatic carbocycles. The lowest BCUT2D eigenvalue weighted by atomic mass is 10.2. The molecular formula is C24H14N2S2. The quantitative estimate of drug-likeness (QED) is 0.325. The molecule has 6 rings (SSSR count). The van der Waals surface area contributed by atoms with Crippen molar-refractivity contribution in [3.8, 4) is 0 Å². The Balaban J connectivity index is 1.54. The van der Waals surface area contributed by atoms with E-state index >= 15 is 0 Å². The van der Waals surface area contributed by atoms with E-state index in [4.69, 9.17) is 9.98 Å². The van der Waals surface area contributed by atoms with Gasteiger partial charge in [-0.15, -0.1) is 0 Å². The van der Waals surface area contributed by atoms with Gasteiger partial charge in [0.05, 0.1) is 22.1 Å². The standard InChI is InChI=1S/C24H14N2S2/c1-3-7-21-17(5-1)25-19-11-9-15(13-23(19)27-21)16-10-12-20-24(14-16)28-22-8-4-2-6-18(22)26-20/h1-14H/b16-15+. The Morgan fingerprint density at radius 2 is 0.929 bits per heavy atom. The highest BCUT2D eigenvalue weighted by Gasteiger charge is 2.12. The molecule has 0 bridgehead atoms. The maximum atomic E-state index is 4.80. The average molecular weight is 395 g/mol. The molecule has 28 heavy (non-hydrogen) atoms. The topological polar surface area (TPSA) is 24.7 Å². The van der Waals surface area contributed by atoms with Crippen molar-refractivity contribution in [2.75, 3.05) is 0 Å². The van der Waals surface area contributed by atoms with Crippen LogP contribution in [0.15, 0.2) is 114 Å². The van der Waals surface area contributed by atoms with Gasteiger partial charge in [-0.2, -0.15) is 0 Å². The van der Waals surface area contributed by atoms with Gasteiger partial charge in [-0.25, -0.2) is 9.98 Å². The van der Waals surface area contributed by atoms with Crippen LogP contribution in [0.1, 0.15) is 0 Å². The van der Waals surface area contributed by atoms with Crippen LogP contribution in [-0.4, -0.2) is 0 Å². The number of para-hydroxylation sites is 2. The van der Waals surface area contributed by atoms with Gasteiger partial charge >= 0.3 is 0 Å². The Morgan fingerprint density at radius 1 is 0.464 bits per heavy atom. The van der Waals surface area contributed by atoms with E-state index < -0.39 is 0 Å². The molecule has 0 saturated carbocycles. The van der Waals surface area contributed by atoms with Crippen molar-refractivity contribution in [3.05, 3.63) is 106 Å². The summed E-state index contributed by atoms with van der Waals surface area (Å²) in [5.74, 6) is 0. The molecule has 132 valence electrons. The molecule has 0 N–H and O–H groups in total. The third-order valence-electron chi connectivity index (χ3n) is 4.91. The zero-order chi connectivity index (χ0) is 18.5. The number of fused-ring (bicyclic) bond motifs is 4. The number of nitrogens with zero attached hydrogens (tertiary/aromatic N) is 2. The first-order chi connectivity index (χ1) is 13.8. The molecule has 2 aliphatic rings. The summed E-state index contributed by atoms with van der Waals surface area (Å²) in [6, 6.07) is 29.7. The van der Waals surface area contributed by atoms with Crippen molar-refractivity contribution in [1.82, 2.24) is 0 Å². The highest BCUT2D eigenvalue weighted by Crippen LogP contribution is 2.37. The minimum Gasteiger partial charge on any atom is -0.247 e. The van der Waals surface area contributed by atoms with Crippen LogP contribution >= 0.6 is 23.5 Å². The van der Waals surface area contributed by atoms with Gasteiger partial charge in [-0.1, -0.05) is 59.9 Å². The average Bonchev–Trinajstić information content (AvgIpc) is 2.75. The molecule has 0 saturated heterocycles. The van der Waals surface area contributed by atoms with Crippen LogP contribution in [0.2, 0.25) is 0 Å². The van der Waals surface area contributed by atoms with Crippen LogP contribution in [0.3, 0.4) is 0 Å². The summed E-state index contributed by atoms with van der Waals surface area (Å²) in [5, 5.41) is 4.51. The molecule has 0 radical (unpaired) electrons. The molecule has 2 aliphatic heterocycles. The summed E-state index contributed by atoms with van der Waals surface area (Å²) in [5.41, 5.74) is 2.11. The number of hydrogen-bond donors (Lipinski definition) is 0. The van der Waals surface area contributed by atoms with Gasteiger partial charge in [0, 0.05) is 19.6 Å². The second-order valence-corrected chi connectivity index (χ2v) is 8.90. The number of hydrogen-bond acceptors (Lipinski definition) is 4. The zero-order valence-electron chi connectivity index (χ0n) is 14.8. The lowest BCUT2D eigenvalue weighted by molar-refractivity contribution is 1.14. The van der Waals surface area contributed by atoms with Gasteiger partial charge in [0.15, 0.2) is 0 Å². The van der Waals surface area contributed by atoms with Gasteiger partial charge in [0.1, 0.15) is 0 Å². The van der Waals surface area contributed by atoms with Crippen LogP contribution in [0, 0.1) is 10.4 Å². The molecule has 4 aromatic rings. The maximum Gasteiger partial charge on any atom is 0.0777 e. The minimum atomic E-state index is 1.05. The van der Waals surface area contributed by atoms with E-state index in [1.807, 2.05) is 12.1 Å². The fourth-order valence-corrected chi connectivity index (χ4v) is 5.52. The molecule has 2 nitrogen and oxygen atoms in total.